The number of carbonyl (C=O) groups is 1. The largest absolute Gasteiger partial charge is 0.464 e. The molecule has 4 nitrogen and oxygen atoms in total. The zero-order valence-electron chi connectivity index (χ0n) is 15.5. The Morgan fingerprint density at radius 1 is 1.00 bits per heavy atom. The summed E-state index contributed by atoms with van der Waals surface area (Å²) in [5, 5.41) is 1.14. The zero-order chi connectivity index (χ0) is 17.5. The zero-order valence-corrected chi connectivity index (χ0v) is 15.5. The van der Waals surface area contributed by atoms with Crippen molar-refractivity contribution in [3.05, 3.63) is 35.1 Å². The van der Waals surface area contributed by atoms with Gasteiger partial charge in [-0.1, -0.05) is 12.8 Å². The van der Waals surface area contributed by atoms with Gasteiger partial charge >= 0.3 is 0 Å². The van der Waals surface area contributed by atoms with Crippen LogP contribution in [0.3, 0.4) is 0 Å². The quantitative estimate of drug-likeness (QED) is 0.848. The molecule has 3 aliphatic rings. The molecule has 2 fully saturated rings. The van der Waals surface area contributed by atoms with E-state index in [9.17, 15) is 4.79 Å². The van der Waals surface area contributed by atoms with Crippen molar-refractivity contribution in [1.29, 1.82) is 0 Å². The number of nitrogens with zero attached hydrogens (tertiary/aromatic N) is 2. The molecule has 1 aromatic carbocycles. The number of carbonyl (C=O) groups excluding carboxylic acids is 1. The summed E-state index contributed by atoms with van der Waals surface area (Å²) in [6.07, 6.45) is 11.3. The van der Waals surface area contributed by atoms with Crippen LogP contribution in [0.25, 0.3) is 11.0 Å². The average Bonchev–Trinajstić information content (AvgIpc) is 3.41. The molecule has 2 aliphatic carbocycles. The normalized spacial score (nSPS) is 21.6. The third-order valence-corrected chi connectivity index (χ3v) is 6.72. The third-order valence-electron chi connectivity index (χ3n) is 6.72. The van der Waals surface area contributed by atoms with Gasteiger partial charge in [0.1, 0.15) is 5.58 Å². The maximum Gasteiger partial charge on any atom is 0.227 e. The lowest BCUT2D eigenvalue weighted by Crippen LogP contribution is -2.51. The van der Waals surface area contributed by atoms with Crippen molar-refractivity contribution < 1.29 is 9.21 Å². The molecule has 1 saturated heterocycles. The molecule has 4 heteroatoms. The number of furan rings is 1. The topological polar surface area (TPSA) is 36.7 Å². The van der Waals surface area contributed by atoms with E-state index in [0.29, 0.717) is 6.42 Å². The minimum Gasteiger partial charge on any atom is -0.464 e. The molecular formula is C22H28N2O2. The fourth-order valence-electron chi connectivity index (χ4n) is 5.17. The molecular weight excluding hydrogens is 324 g/mol. The Kier molecular flexibility index (Phi) is 4.24. The fraction of sp³-hybridized carbons (Fsp3) is 0.591. The lowest BCUT2D eigenvalue weighted by molar-refractivity contribution is -0.132. The van der Waals surface area contributed by atoms with E-state index < -0.39 is 0 Å². The van der Waals surface area contributed by atoms with Gasteiger partial charge < -0.3 is 9.32 Å². The summed E-state index contributed by atoms with van der Waals surface area (Å²) in [6, 6.07) is 5.22. The average molecular weight is 352 g/mol. The van der Waals surface area contributed by atoms with E-state index in [1.165, 1.54) is 43.2 Å². The van der Waals surface area contributed by atoms with Crippen LogP contribution in [0.5, 0.6) is 0 Å². The molecule has 0 atom stereocenters. The van der Waals surface area contributed by atoms with Crippen molar-refractivity contribution in [3.63, 3.8) is 0 Å². The minimum absolute atomic E-state index is 0.249. The molecule has 1 aliphatic heterocycles. The van der Waals surface area contributed by atoms with E-state index in [4.69, 9.17) is 4.42 Å². The number of fused-ring (bicyclic) bond motifs is 2. The summed E-state index contributed by atoms with van der Waals surface area (Å²) in [4.78, 5) is 17.5. The monoisotopic (exact) mass is 352 g/mol. The summed E-state index contributed by atoms with van der Waals surface area (Å²) < 4.78 is 5.77. The highest BCUT2D eigenvalue weighted by Crippen LogP contribution is 2.31. The predicted molar refractivity (Wildman–Crippen MR) is 102 cm³/mol. The number of rotatable bonds is 3. The van der Waals surface area contributed by atoms with Crippen LogP contribution in [-0.4, -0.2) is 47.9 Å². The molecule has 1 aromatic heterocycles. The smallest absolute Gasteiger partial charge is 0.227 e. The first-order valence-corrected chi connectivity index (χ1v) is 10.3. The Hall–Kier alpha value is -1.81. The van der Waals surface area contributed by atoms with Crippen LogP contribution in [0, 0.1) is 0 Å². The van der Waals surface area contributed by atoms with Crippen LogP contribution in [0.15, 0.2) is 22.8 Å². The minimum atomic E-state index is 0.249. The second kappa shape index (κ2) is 6.73. The maximum absolute atomic E-state index is 12.8. The van der Waals surface area contributed by atoms with Gasteiger partial charge in [0.2, 0.25) is 5.91 Å². The molecule has 26 heavy (non-hydrogen) atoms. The van der Waals surface area contributed by atoms with Crippen molar-refractivity contribution in [2.24, 2.45) is 0 Å². The number of piperazine rings is 1. The van der Waals surface area contributed by atoms with Crippen LogP contribution >= 0.6 is 0 Å². The van der Waals surface area contributed by atoms with E-state index in [2.05, 4.69) is 21.9 Å². The maximum atomic E-state index is 12.8. The lowest BCUT2D eigenvalue weighted by atomic mass is 10.0. The van der Waals surface area contributed by atoms with Crippen molar-refractivity contribution in [2.45, 2.75) is 57.4 Å². The summed E-state index contributed by atoms with van der Waals surface area (Å²) in [7, 11) is 0. The highest BCUT2D eigenvalue weighted by atomic mass is 16.3. The van der Waals surface area contributed by atoms with Gasteiger partial charge in [0.15, 0.2) is 0 Å². The Labute approximate surface area is 155 Å². The van der Waals surface area contributed by atoms with E-state index in [1.807, 2.05) is 0 Å². The molecule has 0 radical (unpaired) electrons. The molecule has 0 bridgehead atoms. The van der Waals surface area contributed by atoms with Crippen molar-refractivity contribution >= 4 is 16.9 Å². The van der Waals surface area contributed by atoms with Crippen LogP contribution in [0.4, 0.5) is 0 Å². The van der Waals surface area contributed by atoms with Gasteiger partial charge in [0.25, 0.3) is 0 Å². The number of aryl methyl sites for hydroxylation is 2. The molecule has 2 heterocycles. The number of amides is 1. The summed E-state index contributed by atoms with van der Waals surface area (Å²) in [5.74, 6) is 0.249. The van der Waals surface area contributed by atoms with Crippen LogP contribution in [0.1, 0.15) is 48.8 Å². The van der Waals surface area contributed by atoms with Crippen LogP contribution < -0.4 is 0 Å². The van der Waals surface area contributed by atoms with Crippen LogP contribution in [0.2, 0.25) is 0 Å². The third kappa shape index (κ3) is 2.94. The molecule has 0 unspecified atom stereocenters. The number of hydrogen-bond donors (Lipinski definition) is 0. The first-order valence-electron chi connectivity index (χ1n) is 10.3. The van der Waals surface area contributed by atoms with Gasteiger partial charge in [-0.2, -0.15) is 0 Å². The van der Waals surface area contributed by atoms with Gasteiger partial charge in [0, 0.05) is 43.2 Å². The van der Waals surface area contributed by atoms with Gasteiger partial charge in [-0.05, 0) is 55.4 Å². The first-order chi connectivity index (χ1) is 12.8. The first kappa shape index (κ1) is 16.4. The van der Waals surface area contributed by atoms with Crippen LogP contribution in [-0.2, 0) is 24.1 Å². The predicted octanol–water partition coefficient (Wildman–Crippen LogP) is 3.55. The Morgan fingerprint density at radius 3 is 2.50 bits per heavy atom. The van der Waals surface area contributed by atoms with Crippen molar-refractivity contribution in [2.75, 3.05) is 26.2 Å². The van der Waals surface area contributed by atoms with E-state index in [1.54, 1.807) is 6.26 Å². The van der Waals surface area contributed by atoms with E-state index in [0.717, 1.165) is 61.6 Å². The van der Waals surface area contributed by atoms with E-state index >= 15 is 0 Å². The SMILES string of the molecule is O=C(Cc1coc2cc3c(cc12)CCC3)N1CCN(C2CCCC2)CC1. The molecule has 0 spiro atoms. The Bertz CT molecular complexity index is 811. The molecule has 5 rings (SSSR count). The standard InChI is InChI=1S/C22H28N2O2/c25-22(24-10-8-23(9-11-24)19-6-1-2-7-19)14-18-15-26-21-13-17-5-3-4-16(17)12-20(18)21/h12-13,15,19H,1-11,14H2. The summed E-state index contributed by atoms with van der Waals surface area (Å²) in [6.45, 7) is 3.83. The Balaban J connectivity index is 1.25. The second-order valence-electron chi connectivity index (χ2n) is 8.26. The van der Waals surface area contributed by atoms with Gasteiger partial charge in [0.05, 0.1) is 12.7 Å². The molecule has 138 valence electrons. The molecule has 2 aromatic rings. The van der Waals surface area contributed by atoms with Gasteiger partial charge in [-0.15, -0.1) is 0 Å². The molecule has 0 N–H and O–H groups in total. The lowest BCUT2D eigenvalue weighted by Gasteiger charge is -2.38. The molecule has 1 amide bonds. The summed E-state index contributed by atoms with van der Waals surface area (Å²) >= 11 is 0. The number of benzene rings is 1. The van der Waals surface area contributed by atoms with Gasteiger partial charge in [-0.3, -0.25) is 9.69 Å². The molecule has 1 saturated carbocycles. The highest BCUT2D eigenvalue weighted by molar-refractivity contribution is 5.88. The number of hydrogen-bond acceptors (Lipinski definition) is 3. The summed E-state index contributed by atoms with van der Waals surface area (Å²) in [5.41, 5.74) is 4.86. The fourth-order valence-corrected chi connectivity index (χ4v) is 5.17. The van der Waals surface area contributed by atoms with Crippen molar-refractivity contribution in [1.82, 2.24) is 9.80 Å². The van der Waals surface area contributed by atoms with Gasteiger partial charge in [-0.25, -0.2) is 0 Å². The Morgan fingerprint density at radius 2 is 1.73 bits per heavy atom. The van der Waals surface area contributed by atoms with E-state index in [-0.39, 0.29) is 5.91 Å². The van der Waals surface area contributed by atoms with Crippen molar-refractivity contribution in [3.8, 4) is 0 Å². The second-order valence-corrected chi connectivity index (χ2v) is 8.26. The highest BCUT2D eigenvalue weighted by Gasteiger charge is 2.28.